The van der Waals surface area contributed by atoms with E-state index >= 15 is 0 Å². The maximum absolute atomic E-state index is 12.9. The minimum Gasteiger partial charge on any atom is -0.325 e. The van der Waals surface area contributed by atoms with Gasteiger partial charge in [0, 0.05) is 21.8 Å². The molecule has 0 bridgehead atoms. The molecule has 1 aromatic heterocycles. The van der Waals surface area contributed by atoms with Crippen molar-refractivity contribution in [2.75, 3.05) is 5.32 Å². The summed E-state index contributed by atoms with van der Waals surface area (Å²) in [6.07, 6.45) is 0.613. The van der Waals surface area contributed by atoms with E-state index in [1.807, 2.05) is 67.6 Å². The lowest BCUT2D eigenvalue weighted by molar-refractivity contribution is -0.115. The first-order valence-electron chi connectivity index (χ1n) is 10.2. The SMILES string of the molecule is CCC(Sc1nnc(-c2ccccc2)c(-c2ccccc2)n1)C(=O)Nc1cccc(Cl)c1. The predicted molar refractivity (Wildman–Crippen MR) is 131 cm³/mol. The number of nitrogens with zero attached hydrogens (tertiary/aromatic N) is 3. The highest BCUT2D eigenvalue weighted by molar-refractivity contribution is 8.00. The van der Waals surface area contributed by atoms with E-state index in [4.69, 9.17) is 16.6 Å². The molecular weight excluding hydrogens is 440 g/mol. The number of anilines is 1. The number of nitrogens with one attached hydrogen (secondary N) is 1. The average molecular weight is 461 g/mol. The predicted octanol–water partition coefficient (Wildman–Crippen LogP) is 6.37. The molecule has 5 nitrogen and oxygen atoms in total. The van der Waals surface area contributed by atoms with Crippen molar-refractivity contribution in [2.24, 2.45) is 0 Å². The van der Waals surface area contributed by atoms with E-state index in [2.05, 4.69) is 15.5 Å². The number of hydrogen-bond donors (Lipinski definition) is 1. The van der Waals surface area contributed by atoms with Gasteiger partial charge >= 0.3 is 0 Å². The zero-order chi connectivity index (χ0) is 22.3. The Kier molecular flexibility index (Phi) is 7.14. The van der Waals surface area contributed by atoms with Crippen LogP contribution in [0.3, 0.4) is 0 Å². The van der Waals surface area contributed by atoms with Crippen LogP contribution in [0.15, 0.2) is 90.1 Å². The Morgan fingerprint density at radius 1 is 0.906 bits per heavy atom. The van der Waals surface area contributed by atoms with Crippen molar-refractivity contribution in [3.63, 3.8) is 0 Å². The van der Waals surface area contributed by atoms with Crippen LogP contribution in [-0.2, 0) is 4.79 Å². The molecule has 0 spiro atoms. The van der Waals surface area contributed by atoms with Gasteiger partial charge in [-0.2, -0.15) is 0 Å². The van der Waals surface area contributed by atoms with Crippen molar-refractivity contribution in [2.45, 2.75) is 23.8 Å². The van der Waals surface area contributed by atoms with Crippen LogP contribution in [-0.4, -0.2) is 26.3 Å². The van der Waals surface area contributed by atoms with Gasteiger partial charge in [0.25, 0.3) is 0 Å². The summed E-state index contributed by atoms with van der Waals surface area (Å²) in [5, 5.41) is 12.4. The topological polar surface area (TPSA) is 67.8 Å². The molecule has 1 amide bonds. The summed E-state index contributed by atoms with van der Waals surface area (Å²) in [6.45, 7) is 1.96. The third kappa shape index (κ3) is 5.33. The van der Waals surface area contributed by atoms with Gasteiger partial charge in [-0.15, -0.1) is 10.2 Å². The average Bonchev–Trinajstić information content (AvgIpc) is 2.83. The van der Waals surface area contributed by atoms with E-state index in [1.54, 1.807) is 24.3 Å². The van der Waals surface area contributed by atoms with Crippen LogP contribution >= 0.6 is 23.4 Å². The van der Waals surface area contributed by atoms with Gasteiger partial charge in [-0.1, -0.05) is 97.0 Å². The van der Waals surface area contributed by atoms with Crippen LogP contribution in [0.1, 0.15) is 13.3 Å². The molecule has 4 aromatic rings. The molecule has 4 rings (SSSR count). The van der Waals surface area contributed by atoms with Crippen LogP contribution in [0.25, 0.3) is 22.5 Å². The zero-order valence-corrected chi connectivity index (χ0v) is 19.0. The number of carbonyl (C=O) groups is 1. The number of benzene rings is 3. The maximum atomic E-state index is 12.9. The molecule has 0 aliphatic rings. The molecule has 160 valence electrons. The number of halogens is 1. The fourth-order valence-electron chi connectivity index (χ4n) is 3.19. The monoisotopic (exact) mass is 460 g/mol. The van der Waals surface area contributed by atoms with E-state index in [9.17, 15) is 4.79 Å². The van der Waals surface area contributed by atoms with E-state index in [-0.39, 0.29) is 11.2 Å². The summed E-state index contributed by atoms with van der Waals surface area (Å²) in [7, 11) is 0. The van der Waals surface area contributed by atoms with E-state index in [0.717, 1.165) is 16.8 Å². The summed E-state index contributed by atoms with van der Waals surface area (Å²) in [4.78, 5) is 17.7. The third-order valence-electron chi connectivity index (χ3n) is 4.76. The first-order chi connectivity index (χ1) is 15.6. The van der Waals surface area contributed by atoms with Crippen molar-refractivity contribution in [1.29, 1.82) is 0 Å². The summed E-state index contributed by atoms with van der Waals surface area (Å²) >= 11 is 7.33. The van der Waals surface area contributed by atoms with Gasteiger partial charge in [0.1, 0.15) is 11.4 Å². The fraction of sp³-hybridized carbons (Fsp3) is 0.120. The highest BCUT2D eigenvalue weighted by Gasteiger charge is 2.22. The van der Waals surface area contributed by atoms with E-state index in [1.165, 1.54) is 11.8 Å². The van der Waals surface area contributed by atoms with E-state index < -0.39 is 0 Å². The van der Waals surface area contributed by atoms with Crippen LogP contribution in [0.2, 0.25) is 5.02 Å². The lowest BCUT2D eigenvalue weighted by Gasteiger charge is -2.15. The van der Waals surface area contributed by atoms with Gasteiger partial charge in [-0.3, -0.25) is 4.79 Å². The van der Waals surface area contributed by atoms with Gasteiger partial charge < -0.3 is 5.32 Å². The molecule has 3 aromatic carbocycles. The van der Waals surface area contributed by atoms with Gasteiger partial charge in [0.2, 0.25) is 11.1 Å². The highest BCUT2D eigenvalue weighted by atomic mass is 35.5. The molecular formula is C25H21ClN4OS. The minimum absolute atomic E-state index is 0.128. The van der Waals surface area contributed by atoms with Crippen molar-refractivity contribution < 1.29 is 4.79 Å². The van der Waals surface area contributed by atoms with Crippen LogP contribution in [0.4, 0.5) is 5.69 Å². The van der Waals surface area contributed by atoms with Gasteiger partial charge in [-0.05, 0) is 24.6 Å². The first kappa shape index (κ1) is 22.0. The van der Waals surface area contributed by atoms with Gasteiger partial charge in [0.15, 0.2) is 0 Å². The molecule has 1 unspecified atom stereocenters. The standard InChI is InChI=1S/C25H21ClN4OS/c1-2-21(24(31)27-20-15-9-14-19(26)16-20)32-25-28-22(17-10-5-3-6-11-17)23(29-30-25)18-12-7-4-8-13-18/h3-16,21H,2H2,1H3,(H,27,31). The Bertz CT molecular complexity index is 1200. The normalized spacial score (nSPS) is 11.7. The third-order valence-corrected chi connectivity index (χ3v) is 6.22. The number of thioether (sulfide) groups is 1. The molecule has 0 aliphatic carbocycles. The number of aromatic nitrogens is 3. The summed E-state index contributed by atoms with van der Waals surface area (Å²) in [6, 6.07) is 26.8. The molecule has 0 fully saturated rings. The Morgan fingerprint density at radius 2 is 1.56 bits per heavy atom. The number of hydrogen-bond acceptors (Lipinski definition) is 5. The largest absolute Gasteiger partial charge is 0.325 e. The van der Waals surface area contributed by atoms with Crippen LogP contribution in [0.5, 0.6) is 0 Å². The highest BCUT2D eigenvalue weighted by Crippen LogP contribution is 2.31. The molecule has 0 radical (unpaired) electrons. The van der Waals surface area contributed by atoms with Crippen molar-refractivity contribution >= 4 is 35.0 Å². The minimum atomic E-state index is -0.373. The Labute approximate surface area is 196 Å². The molecule has 1 heterocycles. The van der Waals surface area contributed by atoms with Crippen LogP contribution in [0, 0.1) is 0 Å². The maximum Gasteiger partial charge on any atom is 0.237 e. The quantitative estimate of drug-likeness (QED) is 0.324. The number of carbonyl (C=O) groups excluding carboxylic acids is 1. The smallest absolute Gasteiger partial charge is 0.237 e. The summed E-state index contributed by atoms with van der Waals surface area (Å²) in [5.74, 6) is -0.128. The van der Waals surface area contributed by atoms with Crippen LogP contribution < -0.4 is 5.32 Å². The Balaban J connectivity index is 1.62. The second-order valence-electron chi connectivity index (χ2n) is 7.04. The number of amides is 1. The first-order valence-corrected chi connectivity index (χ1v) is 11.5. The second-order valence-corrected chi connectivity index (χ2v) is 8.64. The molecule has 32 heavy (non-hydrogen) atoms. The lowest BCUT2D eigenvalue weighted by atomic mass is 10.0. The summed E-state index contributed by atoms with van der Waals surface area (Å²) in [5.41, 5.74) is 3.98. The fourth-order valence-corrected chi connectivity index (χ4v) is 4.20. The molecule has 1 atom stereocenters. The lowest BCUT2D eigenvalue weighted by Crippen LogP contribution is -2.25. The molecule has 0 aliphatic heterocycles. The second kappa shape index (κ2) is 10.4. The molecule has 1 N–H and O–H groups in total. The summed E-state index contributed by atoms with van der Waals surface area (Å²) < 4.78 is 0. The molecule has 0 saturated heterocycles. The Morgan fingerprint density at radius 3 is 2.19 bits per heavy atom. The van der Waals surface area contributed by atoms with Gasteiger partial charge in [0.05, 0.1) is 5.25 Å². The van der Waals surface area contributed by atoms with Crippen molar-refractivity contribution in [3.05, 3.63) is 90.0 Å². The number of rotatable bonds is 7. The zero-order valence-electron chi connectivity index (χ0n) is 17.4. The Hall–Kier alpha value is -3.22. The van der Waals surface area contributed by atoms with Crippen molar-refractivity contribution in [3.8, 4) is 22.5 Å². The van der Waals surface area contributed by atoms with Gasteiger partial charge in [-0.25, -0.2) is 4.98 Å². The molecule has 7 heteroatoms. The van der Waals surface area contributed by atoms with E-state index in [0.29, 0.717) is 28.0 Å². The van der Waals surface area contributed by atoms with Crippen molar-refractivity contribution in [1.82, 2.24) is 15.2 Å². The molecule has 0 saturated carbocycles.